The van der Waals surface area contributed by atoms with Crippen molar-refractivity contribution < 1.29 is 19.1 Å². The monoisotopic (exact) mass is 1420 g/mol. The molecule has 0 radical (unpaired) electrons. The number of nitrogens with zero attached hydrogens (tertiary/aromatic N) is 9. The minimum absolute atomic E-state index is 0.0618. The van der Waals surface area contributed by atoms with E-state index >= 15 is 0 Å². The zero-order valence-electron chi connectivity index (χ0n) is 44.5. The van der Waals surface area contributed by atoms with Crippen LogP contribution in [0.5, 0.6) is 0 Å². The molecule has 3 amide bonds. The number of rotatable bonds is 11. The predicted molar refractivity (Wildman–Crippen MR) is 343 cm³/mol. The number of anilines is 1. The van der Waals surface area contributed by atoms with Crippen LogP contribution in [0.3, 0.4) is 0 Å². The Kier molecular flexibility index (Phi) is 21.7. The van der Waals surface area contributed by atoms with Gasteiger partial charge in [-0.25, -0.2) is 24.5 Å². The van der Waals surface area contributed by atoms with Gasteiger partial charge < -0.3 is 10.1 Å². The van der Waals surface area contributed by atoms with Crippen LogP contribution < -0.4 is 10.6 Å². The molecule has 6 aromatic carbocycles. The summed E-state index contributed by atoms with van der Waals surface area (Å²) in [7, 11) is 0. The molecule has 3 aromatic heterocycles. The minimum Gasteiger partial charge on any atom is -0.461 e. The van der Waals surface area contributed by atoms with Crippen LogP contribution >= 0.6 is 117 Å². The summed E-state index contributed by atoms with van der Waals surface area (Å²) in [6.45, 7) is 7.52. The third kappa shape index (κ3) is 15.2. The standard InChI is InChI=1S/C23H23BrCl2N4O.C19H15BrCl2N2O2.C17H10BrCl2N5O/c1-14-21(29-23(31)27-17-5-3-2-4-6-17)28-22(19-12-9-16(25)13-20(19)26)30(14)18-10-7-15(24)8-11-18;1-3-26-19(25)17-11(2)24(14-7-4-12(20)5-8-14)18(23-17)15-9-6-13(21)10-16(15)22;1-9-15(17(26)23-24-21)22-16(13-7-4-11(19)8-14(13)20)25(9)12-5-2-10(18)3-6-12/h7-13,17H,2-6H2,1H3,(H2,27,29,31);4-10H,3H2,1-2H3;2-8H,1H3. The first-order chi connectivity index (χ1) is 39.8. The fraction of sp³-hybridized carbons (Fsp3) is 0.186. The number of benzene rings is 6. The molecule has 0 spiro atoms. The highest BCUT2D eigenvalue weighted by molar-refractivity contribution is 9.11. The van der Waals surface area contributed by atoms with Gasteiger partial charge in [0.1, 0.15) is 23.2 Å². The number of carbonyl (C=O) groups excluding carboxylic acids is 3. The van der Waals surface area contributed by atoms with Gasteiger partial charge in [0.2, 0.25) is 0 Å². The van der Waals surface area contributed by atoms with Gasteiger partial charge in [0.05, 0.1) is 38.8 Å². The van der Waals surface area contributed by atoms with E-state index in [4.69, 9.17) is 84.9 Å². The molecule has 0 bridgehead atoms. The van der Waals surface area contributed by atoms with Crippen LogP contribution in [-0.2, 0) is 4.74 Å². The van der Waals surface area contributed by atoms with E-state index in [2.05, 4.69) is 78.4 Å². The quantitative estimate of drug-likeness (QED) is 0.0558. The van der Waals surface area contributed by atoms with Crippen LogP contribution in [-0.4, -0.2) is 59.2 Å². The number of ether oxygens (including phenoxy) is 1. The molecule has 3 heterocycles. The normalized spacial score (nSPS) is 12.1. The molecule has 0 aliphatic heterocycles. The number of urea groups is 1. The van der Waals surface area contributed by atoms with Crippen molar-refractivity contribution in [1.29, 1.82) is 0 Å². The summed E-state index contributed by atoms with van der Waals surface area (Å²) >= 11 is 47.6. The van der Waals surface area contributed by atoms with Gasteiger partial charge in [-0.1, -0.05) is 137 Å². The van der Waals surface area contributed by atoms with Crippen molar-refractivity contribution in [3.63, 3.8) is 0 Å². The average Bonchev–Trinajstić information content (AvgIpc) is 2.94. The van der Waals surface area contributed by atoms with Gasteiger partial charge in [0.15, 0.2) is 11.5 Å². The largest absolute Gasteiger partial charge is 0.461 e. The summed E-state index contributed by atoms with van der Waals surface area (Å²) < 4.78 is 13.6. The van der Waals surface area contributed by atoms with E-state index in [1.165, 1.54) is 6.42 Å². The highest BCUT2D eigenvalue weighted by atomic mass is 79.9. The number of esters is 1. The van der Waals surface area contributed by atoms with E-state index in [1.807, 2.05) is 102 Å². The SMILES string of the molecule is CCOC(=O)c1nc(-c2ccc(Cl)cc2Cl)n(-c2ccc(Br)cc2)c1C.Cc1c(C(=O)N=[N+]=[N-])nc(-c2ccc(Cl)cc2Cl)n1-c1ccc(Br)cc1.Cc1c(NC(=O)NC2CCCCC2)nc(-c2ccc(Cl)cc2Cl)n1-c1ccc(Br)cc1. The van der Waals surface area contributed by atoms with Crippen LogP contribution in [0.25, 0.3) is 61.7 Å². The Balaban J connectivity index is 0.000000164. The number of hydrogen-bond donors (Lipinski definition) is 2. The molecule has 15 nitrogen and oxygen atoms in total. The summed E-state index contributed by atoms with van der Waals surface area (Å²) in [6.07, 6.45) is 5.58. The van der Waals surface area contributed by atoms with Gasteiger partial charge in [0.25, 0.3) is 5.91 Å². The molecule has 9 aromatic rings. The van der Waals surface area contributed by atoms with E-state index < -0.39 is 11.9 Å². The van der Waals surface area contributed by atoms with Crippen LogP contribution in [0, 0.1) is 20.8 Å². The molecule has 0 atom stereocenters. The highest BCUT2D eigenvalue weighted by Gasteiger charge is 2.26. The Morgan fingerprint density at radius 3 is 1.36 bits per heavy atom. The Bertz CT molecular complexity index is 3920. The van der Waals surface area contributed by atoms with Crippen LogP contribution in [0.15, 0.2) is 146 Å². The number of hydrogen-bond acceptors (Lipinski definition) is 7. The fourth-order valence-corrected chi connectivity index (χ4v) is 11.4. The van der Waals surface area contributed by atoms with Crippen molar-refractivity contribution in [3.05, 3.63) is 210 Å². The second kappa shape index (κ2) is 28.6. The Morgan fingerprint density at radius 1 is 0.578 bits per heavy atom. The molecule has 2 N–H and O–H groups in total. The lowest BCUT2D eigenvalue weighted by Crippen LogP contribution is -2.39. The molecule has 1 fully saturated rings. The maximum Gasteiger partial charge on any atom is 0.358 e. The zero-order valence-corrected chi connectivity index (χ0v) is 53.8. The first-order valence-corrected chi connectivity index (χ1v) is 30.2. The average molecular weight is 1430 g/mol. The zero-order chi connectivity index (χ0) is 59.6. The van der Waals surface area contributed by atoms with E-state index in [0.717, 1.165) is 67.4 Å². The van der Waals surface area contributed by atoms with Crippen molar-refractivity contribution >= 4 is 141 Å². The van der Waals surface area contributed by atoms with E-state index in [1.54, 1.807) is 66.9 Å². The van der Waals surface area contributed by atoms with Crippen molar-refractivity contribution in [2.24, 2.45) is 5.11 Å². The second-order valence-corrected chi connectivity index (χ2v) is 23.8. The summed E-state index contributed by atoms with van der Waals surface area (Å²) in [4.78, 5) is 53.4. The lowest BCUT2D eigenvalue weighted by molar-refractivity contribution is 0.0519. The molecule has 24 heteroatoms. The number of azide groups is 1. The Hall–Kier alpha value is -6.15. The van der Waals surface area contributed by atoms with Gasteiger partial charge in [-0.2, -0.15) is 0 Å². The van der Waals surface area contributed by atoms with Gasteiger partial charge in [-0.15, -0.1) is 0 Å². The first-order valence-electron chi connectivity index (χ1n) is 25.5. The van der Waals surface area contributed by atoms with Gasteiger partial charge in [-0.05, 0) is 179 Å². The van der Waals surface area contributed by atoms with Crippen molar-refractivity contribution in [2.45, 2.75) is 65.8 Å². The number of halogens is 9. The first kappa shape index (κ1) is 62.9. The second-order valence-electron chi connectivity index (χ2n) is 18.6. The van der Waals surface area contributed by atoms with E-state index in [0.29, 0.717) is 75.9 Å². The third-order valence-corrected chi connectivity index (χ3v) is 16.3. The molecule has 0 saturated heterocycles. The Morgan fingerprint density at radius 2 is 0.964 bits per heavy atom. The van der Waals surface area contributed by atoms with Crippen molar-refractivity contribution in [3.8, 4) is 51.2 Å². The summed E-state index contributed by atoms with van der Waals surface area (Å²) in [5.74, 6) is 0.906. The number of imidazole rings is 3. The maximum absolute atomic E-state index is 12.7. The van der Waals surface area contributed by atoms with Crippen LogP contribution in [0.1, 0.15) is 77.1 Å². The molecule has 426 valence electrons. The van der Waals surface area contributed by atoms with Crippen LogP contribution in [0.2, 0.25) is 30.1 Å². The molecule has 1 saturated carbocycles. The molecular formula is C59H48Br3Cl6N11O4. The lowest BCUT2D eigenvalue weighted by Gasteiger charge is -2.22. The van der Waals surface area contributed by atoms with Crippen molar-refractivity contribution in [2.75, 3.05) is 11.9 Å². The van der Waals surface area contributed by atoms with Gasteiger partial charge in [0, 0.05) is 73.2 Å². The summed E-state index contributed by atoms with van der Waals surface area (Å²) in [6, 6.07) is 38.6. The van der Waals surface area contributed by atoms with Gasteiger partial charge >= 0.3 is 12.0 Å². The number of nitrogens with one attached hydrogen (secondary N) is 2. The van der Waals surface area contributed by atoms with Crippen molar-refractivity contribution in [1.82, 2.24) is 34.0 Å². The molecule has 1 aliphatic rings. The van der Waals surface area contributed by atoms with Crippen LogP contribution in [0.4, 0.5) is 10.6 Å². The molecule has 10 rings (SSSR count). The highest BCUT2D eigenvalue weighted by Crippen LogP contribution is 2.38. The molecular weight excluding hydrogens is 1380 g/mol. The topological polar surface area (TPSA) is 187 Å². The molecule has 1 aliphatic carbocycles. The number of aromatic nitrogens is 6. The minimum atomic E-state index is -0.757. The van der Waals surface area contributed by atoms with E-state index in [-0.39, 0.29) is 30.1 Å². The maximum atomic E-state index is 12.7. The fourth-order valence-electron chi connectivity index (χ4n) is 9.16. The van der Waals surface area contributed by atoms with E-state index in [9.17, 15) is 14.4 Å². The summed E-state index contributed by atoms with van der Waals surface area (Å²) in [5.41, 5.74) is 15.5. The van der Waals surface area contributed by atoms with Gasteiger partial charge in [-0.3, -0.25) is 23.8 Å². The summed E-state index contributed by atoms with van der Waals surface area (Å²) in [5, 5.41) is 12.1. The lowest BCUT2D eigenvalue weighted by atomic mass is 9.96. The number of carbonyl (C=O) groups is 3. The third-order valence-electron chi connectivity index (χ3n) is 13.1. The molecule has 83 heavy (non-hydrogen) atoms. The Labute approximate surface area is 533 Å². The number of amides is 3. The smallest absolute Gasteiger partial charge is 0.358 e. The predicted octanol–water partition coefficient (Wildman–Crippen LogP) is 19.8. The molecule has 0 unspecified atom stereocenters.